The fourth-order valence-corrected chi connectivity index (χ4v) is 2.84. The number of ether oxygens (including phenoxy) is 1. The average molecular weight is 374 g/mol. The lowest BCUT2D eigenvalue weighted by molar-refractivity contribution is -0.116. The van der Waals surface area contributed by atoms with Crippen molar-refractivity contribution in [2.75, 3.05) is 23.8 Å². The van der Waals surface area contributed by atoms with E-state index in [0.717, 1.165) is 36.5 Å². The molecule has 0 saturated heterocycles. The average Bonchev–Trinajstić information content (AvgIpc) is 2.74. The summed E-state index contributed by atoms with van der Waals surface area (Å²) < 4.78 is 5.55. The van der Waals surface area contributed by atoms with Crippen LogP contribution in [0.3, 0.4) is 0 Å². The maximum atomic E-state index is 12.0. The van der Waals surface area contributed by atoms with Gasteiger partial charge in [-0.05, 0) is 54.8 Å². The summed E-state index contributed by atoms with van der Waals surface area (Å²) in [5.41, 5.74) is 3.21. The largest absolute Gasteiger partial charge is 0.493 e. The van der Waals surface area contributed by atoms with Crippen molar-refractivity contribution in [2.24, 2.45) is 0 Å². The van der Waals surface area contributed by atoms with Crippen LogP contribution in [0, 0.1) is 0 Å². The van der Waals surface area contributed by atoms with Gasteiger partial charge in [-0.1, -0.05) is 48.5 Å². The van der Waals surface area contributed by atoms with Crippen LogP contribution in [-0.4, -0.2) is 19.1 Å². The van der Waals surface area contributed by atoms with Crippen LogP contribution >= 0.6 is 0 Å². The second-order valence-electron chi connectivity index (χ2n) is 6.55. The van der Waals surface area contributed by atoms with E-state index in [1.54, 1.807) is 0 Å². The van der Waals surface area contributed by atoms with Gasteiger partial charge in [0.15, 0.2) is 0 Å². The van der Waals surface area contributed by atoms with Crippen LogP contribution in [0.4, 0.5) is 11.4 Å². The van der Waals surface area contributed by atoms with Gasteiger partial charge >= 0.3 is 0 Å². The number of benzene rings is 3. The van der Waals surface area contributed by atoms with Crippen molar-refractivity contribution in [1.82, 2.24) is 0 Å². The molecule has 4 heteroatoms. The van der Waals surface area contributed by atoms with Crippen molar-refractivity contribution < 1.29 is 9.53 Å². The minimum Gasteiger partial charge on any atom is -0.493 e. The minimum absolute atomic E-state index is 0.0560. The van der Waals surface area contributed by atoms with Crippen LogP contribution in [0.1, 0.15) is 18.4 Å². The van der Waals surface area contributed by atoms with Crippen LogP contribution in [0.15, 0.2) is 84.9 Å². The van der Waals surface area contributed by atoms with E-state index in [9.17, 15) is 4.79 Å². The molecule has 4 nitrogen and oxygen atoms in total. The molecule has 0 bridgehead atoms. The molecule has 0 saturated carbocycles. The lowest BCUT2D eigenvalue weighted by Gasteiger charge is -2.09. The van der Waals surface area contributed by atoms with Gasteiger partial charge in [0.2, 0.25) is 5.91 Å². The van der Waals surface area contributed by atoms with Gasteiger partial charge in [0.05, 0.1) is 13.0 Å². The van der Waals surface area contributed by atoms with Crippen LogP contribution in [0.5, 0.6) is 5.75 Å². The fraction of sp³-hybridized carbons (Fsp3) is 0.208. The lowest BCUT2D eigenvalue weighted by atomic mass is 10.1. The standard InChI is InChI=1S/C24H26N2O2/c27-24(17-19-28-23-11-5-2-6-12-23)26-22-15-13-21(14-16-22)25-18-7-10-20-8-3-1-4-9-20/h1-6,8-9,11-16,25H,7,10,17-19H2,(H,26,27). The molecule has 1 amide bonds. The molecule has 0 radical (unpaired) electrons. The lowest BCUT2D eigenvalue weighted by Crippen LogP contribution is -2.15. The molecule has 0 aliphatic carbocycles. The Labute approximate surface area is 166 Å². The first kappa shape index (κ1) is 19.5. The molecule has 0 aliphatic heterocycles. The molecule has 3 aromatic carbocycles. The van der Waals surface area contributed by atoms with Crippen molar-refractivity contribution in [2.45, 2.75) is 19.3 Å². The molecule has 3 aromatic rings. The first-order valence-corrected chi connectivity index (χ1v) is 9.65. The number of nitrogens with one attached hydrogen (secondary N) is 2. The van der Waals surface area contributed by atoms with Crippen LogP contribution in [0.2, 0.25) is 0 Å². The summed E-state index contributed by atoms with van der Waals surface area (Å²) in [5.74, 6) is 0.720. The van der Waals surface area contributed by atoms with Gasteiger partial charge in [-0.15, -0.1) is 0 Å². The van der Waals surface area contributed by atoms with Crippen molar-refractivity contribution in [3.05, 3.63) is 90.5 Å². The molecule has 0 fully saturated rings. The van der Waals surface area contributed by atoms with Crippen LogP contribution in [0.25, 0.3) is 0 Å². The highest BCUT2D eigenvalue weighted by molar-refractivity contribution is 5.90. The SMILES string of the molecule is O=C(CCOc1ccccc1)Nc1ccc(NCCCc2ccccc2)cc1. The van der Waals surface area contributed by atoms with E-state index in [0.29, 0.717) is 13.0 Å². The van der Waals surface area contributed by atoms with Crippen molar-refractivity contribution >= 4 is 17.3 Å². The van der Waals surface area contributed by atoms with Crippen molar-refractivity contribution in [3.63, 3.8) is 0 Å². The number of carbonyl (C=O) groups is 1. The molecule has 0 spiro atoms. The highest BCUT2D eigenvalue weighted by Crippen LogP contribution is 2.14. The van der Waals surface area contributed by atoms with Crippen molar-refractivity contribution in [3.8, 4) is 5.75 Å². The Bertz CT molecular complexity index is 833. The molecule has 0 atom stereocenters. The number of anilines is 2. The third kappa shape index (κ3) is 6.80. The Morgan fingerprint density at radius 3 is 2.14 bits per heavy atom. The van der Waals surface area contributed by atoms with Crippen LogP contribution in [-0.2, 0) is 11.2 Å². The molecule has 3 rings (SSSR count). The number of aryl methyl sites for hydroxylation is 1. The minimum atomic E-state index is -0.0560. The Kier molecular flexibility index (Phi) is 7.50. The van der Waals surface area contributed by atoms with Gasteiger partial charge in [0, 0.05) is 17.9 Å². The smallest absolute Gasteiger partial charge is 0.227 e. The Morgan fingerprint density at radius 2 is 1.43 bits per heavy atom. The molecular formula is C24H26N2O2. The van der Waals surface area contributed by atoms with E-state index >= 15 is 0 Å². The second kappa shape index (κ2) is 10.8. The number of rotatable bonds is 10. The van der Waals surface area contributed by atoms with E-state index in [1.165, 1.54) is 5.56 Å². The molecule has 28 heavy (non-hydrogen) atoms. The van der Waals surface area contributed by atoms with E-state index in [1.807, 2.05) is 60.7 Å². The van der Waals surface area contributed by atoms with E-state index < -0.39 is 0 Å². The quantitative estimate of drug-likeness (QED) is 0.483. The summed E-state index contributed by atoms with van der Waals surface area (Å²) in [6, 6.07) is 27.8. The van der Waals surface area contributed by atoms with Gasteiger partial charge in [-0.3, -0.25) is 4.79 Å². The third-order valence-corrected chi connectivity index (χ3v) is 4.32. The molecule has 0 aromatic heterocycles. The summed E-state index contributed by atoms with van der Waals surface area (Å²) >= 11 is 0. The first-order valence-electron chi connectivity index (χ1n) is 9.65. The number of amides is 1. The van der Waals surface area contributed by atoms with E-state index in [2.05, 4.69) is 34.9 Å². The zero-order valence-corrected chi connectivity index (χ0v) is 15.9. The molecular weight excluding hydrogens is 348 g/mol. The van der Waals surface area contributed by atoms with E-state index in [-0.39, 0.29) is 5.91 Å². The zero-order chi connectivity index (χ0) is 19.4. The molecule has 0 heterocycles. The maximum Gasteiger partial charge on any atom is 0.227 e. The maximum absolute atomic E-state index is 12.0. The Hall–Kier alpha value is -3.27. The number of carbonyl (C=O) groups excluding carboxylic acids is 1. The summed E-state index contributed by atoms with van der Waals surface area (Å²) in [5, 5.41) is 6.31. The Balaban J connectivity index is 1.33. The van der Waals surface area contributed by atoms with Gasteiger partial charge in [0.1, 0.15) is 5.75 Å². The fourth-order valence-electron chi connectivity index (χ4n) is 2.84. The second-order valence-corrected chi connectivity index (χ2v) is 6.55. The summed E-state index contributed by atoms with van der Waals surface area (Å²) in [6.45, 7) is 1.27. The molecule has 2 N–H and O–H groups in total. The van der Waals surface area contributed by atoms with Gasteiger partial charge in [-0.25, -0.2) is 0 Å². The zero-order valence-electron chi connectivity index (χ0n) is 15.9. The number of hydrogen-bond donors (Lipinski definition) is 2. The highest BCUT2D eigenvalue weighted by Gasteiger charge is 2.03. The van der Waals surface area contributed by atoms with Gasteiger partial charge < -0.3 is 15.4 Å². The number of hydrogen-bond acceptors (Lipinski definition) is 3. The highest BCUT2D eigenvalue weighted by atomic mass is 16.5. The normalized spacial score (nSPS) is 10.3. The van der Waals surface area contributed by atoms with Gasteiger partial charge in [0.25, 0.3) is 0 Å². The third-order valence-electron chi connectivity index (χ3n) is 4.32. The molecule has 0 aliphatic rings. The van der Waals surface area contributed by atoms with Crippen LogP contribution < -0.4 is 15.4 Å². The molecule has 0 unspecified atom stereocenters. The topological polar surface area (TPSA) is 50.4 Å². The monoisotopic (exact) mass is 374 g/mol. The Morgan fingerprint density at radius 1 is 0.786 bits per heavy atom. The molecule has 144 valence electrons. The summed E-state index contributed by atoms with van der Waals surface area (Å²) in [4.78, 5) is 12.0. The predicted octanol–water partition coefficient (Wildman–Crippen LogP) is 5.14. The van der Waals surface area contributed by atoms with Gasteiger partial charge in [-0.2, -0.15) is 0 Å². The number of para-hydroxylation sites is 1. The van der Waals surface area contributed by atoms with E-state index in [4.69, 9.17) is 4.74 Å². The first-order chi connectivity index (χ1) is 13.8. The summed E-state index contributed by atoms with van der Waals surface area (Å²) in [7, 11) is 0. The summed E-state index contributed by atoms with van der Waals surface area (Å²) in [6.07, 6.45) is 2.45. The predicted molar refractivity (Wildman–Crippen MR) is 115 cm³/mol. The van der Waals surface area contributed by atoms with Crippen molar-refractivity contribution in [1.29, 1.82) is 0 Å².